The summed E-state index contributed by atoms with van der Waals surface area (Å²) in [5, 5.41) is 7.51. The summed E-state index contributed by atoms with van der Waals surface area (Å²) in [5.74, 6) is 0.136. The Hall–Kier alpha value is -3.15. The second-order valence-electron chi connectivity index (χ2n) is 6.04. The van der Waals surface area contributed by atoms with Gasteiger partial charge >= 0.3 is 0 Å². The zero-order chi connectivity index (χ0) is 18.0. The number of nitrogens with zero attached hydrogens (tertiary/aromatic N) is 2. The van der Waals surface area contributed by atoms with E-state index in [4.69, 9.17) is 4.52 Å². The second kappa shape index (κ2) is 6.76. The molecule has 3 aromatic rings. The van der Waals surface area contributed by atoms with E-state index >= 15 is 0 Å². The number of amides is 2. The number of likely N-dealkylation sites (N-methyl/N-ethyl adjacent to an activating group) is 1. The largest absolute Gasteiger partial charge is 0.355 e. The van der Waals surface area contributed by atoms with Crippen molar-refractivity contribution in [1.82, 2.24) is 15.4 Å². The molecule has 6 heteroatoms. The fourth-order valence-corrected chi connectivity index (χ4v) is 2.61. The lowest BCUT2D eigenvalue weighted by Crippen LogP contribution is -2.44. The van der Waals surface area contributed by atoms with Crippen molar-refractivity contribution in [2.75, 3.05) is 14.1 Å². The molecule has 6 nitrogen and oxygen atoms in total. The predicted octanol–water partition coefficient (Wildman–Crippen LogP) is 2.70. The van der Waals surface area contributed by atoms with Gasteiger partial charge in [0, 0.05) is 25.2 Å². The van der Waals surface area contributed by atoms with Gasteiger partial charge < -0.3 is 14.7 Å². The Morgan fingerprint density at radius 1 is 1.12 bits per heavy atom. The topological polar surface area (TPSA) is 75.4 Å². The van der Waals surface area contributed by atoms with E-state index in [1.807, 2.05) is 30.3 Å². The Kier molecular flexibility index (Phi) is 4.52. The highest BCUT2D eigenvalue weighted by Crippen LogP contribution is 2.29. The predicted molar refractivity (Wildman–Crippen MR) is 95.1 cm³/mol. The number of fused-ring (bicyclic) bond motifs is 1. The van der Waals surface area contributed by atoms with Crippen molar-refractivity contribution in [3.63, 3.8) is 0 Å². The van der Waals surface area contributed by atoms with Crippen LogP contribution in [-0.2, 0) is 4.79 Å². The fourth-order valence-electron chi connectivity index (χ4n) is 2.61. The molecule has 1 heterocycles. The van der Waals surface area contributed by atoms with E-state index in [0.717, 1.165) is 10.9 Å². The quantitative estimate of drug-likeness (QED) is 0.794. The molecule has 0 saturated heterocycles. The Morgan fingerprint density at radius 3 is 2.52 bits per heavy atom. The molecule has 0 radical (unpaired) electrons. The lowest BCUT2D eigenvalue weighted by atomic mass is 10.1. The van der Waals surface area contributed by atoms with Gasteiger partial charge in [-0.2, -0.15) is 0 Å². The molecule has 25 heavy (non-hydrogen) atoms. The third kappa shape index (κ3) is 3.38. The van der Waals surface area contributed by atoms with Crippen LogP contribution in [0.2, 0.25) is 0 Å². The minimum atomic E-state index is -0.603. The van der Waals surface area contributed by atoms with E-state index in [2.05, 4.69) is 10.5 Å². The van der Waals surface area contributed by atoms with Gasteiger partial charge in [0.25, 0.3) is 5.91 Å². The van der Waals surface area contributed by atoms with E-state index in [0.29, 0.717) is 16.8 Å². The summed E-state index contributed by atoms with van der Waals surface area (Å²) < 4.78 is 5.44. The molecule has 0 spiro atoms. The minimum Gasteiger partial charge on any atom is -0.355 e. The van der Waals surface area contributed by atoms with E-state index in [1.54, 1.807) is 39.2 Å². The summed E-state index contributed by atoms with van der Waals surface area (Å²) in [6, 6.07) is 14.1. The zero-order valence-electron chi connectivity index (χ0n) is 14.3. The molecule has 0 aliphatic rings. The summed E-state index contributed by atoms with van der Waals surface area (Å²) in [4.78, 5) is 25.8. The summed E-state index contributed by atoms with van der Waals surface area (Å²) >= 11 is 0. The molecular weight excluding hydrogens is 318 g/mol. The van der Waals surface area contributed by atoms with Gasteiger partial charge in [-0.1, -0.05) is 35.5 Å². The van der Waals surface area contributed by atoms with Crippen LogP contribution in [0.4, 0.5) is 0 Å². The van der Waals surface area contributed by atoms with Gasteiger partial charge in [0.05, 0.1) is 5.39 Å². The smallest absolute Gasteiger partial charge is 0.251 e. The molecule has 1 N–H and O–H groups in total. The SMILES string of the molecule is C[C@@H](NC(=O)c1ccc2noc(-c3ccccc3)c2c1)C(=O)N(C)C. The summed E-state index contributed by atoms with van der Waals surface area (Å²) in [6.07, 6.45) is 0. The van der Waals surface area contributed by atoms with Crippen LogP contribution < -0.4 is 5.32 Å². The Bertz CT molecular complexity index is 916. The molecule has 1 atom stereocenters. The zero-order valence-corrected chi connectivity index (χ0v) is 14.3. The number of hydrogen-bond donors (Lipinski definition) is 1. The Morgan fingerprint density at radius 2 is 1.84 bits per heavy atom. The van der Waals surface area contributed by atoms with Crippen LogP contribution >= 0.6 is 0 Å². The highest BCUT2D eigenvalue weighted by molar-refractivity contribution is 6.02. The van der Waals surface area contributed by atoms with Crippen molar-refractivity contribution in [3.05, 3.63) is 54.1 Å². The van der Waals surface area contributed by atoms with Gasteiger partial charge in [0.1, 0.15) is 11.6 Å². The highest BCUT2D eigenvalue weighted by Gasteiger charge is 2.19. The number of carbonyl (C=O) groups excluding carboxylic acids is 2. The average Bonchev–Trinajstić information content (AvgIpc) is 3.04. The van der Waals surface area contributed by atoms with E-state index in [-0.39, 0.29) is 11.8 Å². The molecule has 2 aromatic carbocycles. The fraction of sp³-hybridized carbons (Fsp3) is 0.211. The third-order valence-electron chi connectivity index (χ3n) is 3.93. The van der Waals surface area contributed by atoms with Crippen molar-refractivity contribution in [3.8, 4) is 11.3 Å². The first-order valence-corrected chi connectivity index (χ1v) is 7.94. The number of aromatic nitrogens is 1. The average molecular weight is 337 g/mol. The molecule has 2 amide bonds. The lowest BCUT2D eigenvalue weighted by Gasteiger charge is -2.18. The van der Waals surface area contributed by atoms with Crippen LogP contribution in [0.5, 0.6) is 0 Å². The second-order valence-corrected chi connectivity index (χ2v) is 6.04. The van der Waals surface area contributed by atoms with Crippen LogP contribution in [-0.4, -0.2) is 42.0 Å². The van der Waals surface area contributed by atoms with Gasteiger partial charge in [-0.05, 0) is 25.1 Å². The van der Waals surface area contributed by atoms with E-state index < -0.39 is 6.04 Å². The molecule has 0 aliphatic heterocycles. The monoisotopic (exact) mass is 337 g/mol. The Balaban J connectivity index is 1.90. The molecule has 0 bridgehead atoms. The van der Waals surface area contributed by atoms with Crippen molar-refractivity contribution < 1.29 is 14.1 Å². The molecule has 1 aromatic heterocycles. The number of rotatable bonds is 4. The van der Waals surface area contributed by atoms with Gasteiger partial charge in [0.15, 0.2) is 5.76 Å². The molecule has 128 valence electrons. The number of benzene rings is 2. The van der Waals surface area contributed by atoms with E-state index in [9.17, 15) is 9.59 Å². The van der Waals surface area contributed by atoms with Crippen LogP contribution in [0.15, 0.2) is 53.1 Å². The molecule has 0 unspecified atom stereocenters. The van der Waals surface area contributed by atoms with Gasteiger partial charge in [-0.3, -0.25) is 9.59 Å². The maximum atomic E-state index is 12.5. The number of nitrogens with one attached hydrogen (secondary N) is 1. The van der Waals surface area contributed by atoms with Crippen LogP contribution in [0, 0.1) is 0 Å². The standard InChI is InChI=1S/C19H19N3O3/c1-12(19(24)22(2)3)20-18(23)14-9-10-16-15(11-14)17(25-21-16)13-7-5-4-6-8-13/h4-12H,1-3H3,(H,20,23)/t12-/m1/s1. The minimum absolute atomic E-state index is 0.163. The maximum Gasteiger partial charge on any atom is 0.251 e. The molecule has 3 rings (SSSR count). The summed E-state index contributed by atoms with van der Waals surface area (Å²) in [6.45, 7) is 1.66. The van der Waals surface area contributed by atoms with Gasteiger partial charge in [-0.25, -0.2) is 0 Å². The molecule has 0 fully saturated rings. The maximum absolute atomic E-state index is 12.5. The van der Waals surface area contributed by atoms with Crippen LogP contribution in [0.25, 0.3) is 22.2 Å². The van der Waals surface area contributed by atoms with E-state index in [1.165, 1.54) is 4.90 Å². The first-order chi connectivity index (χ1) is 12.0. The number of carbonyl (C=O) groups is 2. The summed E-state index contributed by atoms with van der Waals surface area (Å²) in [7, 11) is 3.31. The van der Waals surface area contributed by atoms with Gasteiger partial charge in [0.2, 0.25) is 5.91 Å². The first kappa shape index (κ1) is 16.7. The van der Waals surface area contributed by atoms with Crippen molar-refractivity contribution in [2.45, 2.75) is 13.0 Å². The first-order valence-electron chi connectivity index (χ1n) is 7.94. The summed E-state index contributed by atoms with van der Waals surface area (Å²) in [5.41, 5.74) is 2.01. The Labute approximate surface area is 145 Å². The van der Waals surface area contributed by atoms with Gasteiger partial charge in [-0.15, -0.1) is 0 Å². The molecular formula is C19H19N3O3. The normalized spacial score (nSPS) is 12.0. The van der Waals surface area contributed by atoms with Crippen molar-refractivity contribution >= 4 is 22.7 Å². The van der Waals surface area contributed by atoms with Crippen LogP contribution in [0.3, 0.4) is 0 Å². The van der Waals surface area contributed by atoms with Crippen molar-refractivity contribution in [2.24, 2.45) is 0 Å². The lowest BCUT2D eigenvalue weighted by molar-refractivity contribution is -0.130. The molecule has 0 saturated carbocycles. The third-order valence-corrected chi connectivity index (χ3v) is 3.93. The number of hydrogen-bond acceptors (Lipinski definition) is 4. The highest BCUT2D eigenvalue weighted by atomic mass is 16.5. The van der Waals surface area contributed by atoms with Crippen molar-refractivity contribution in [1.29, 1.82) is 0 Å². The molecule has 0 aliphatic carbocycles. The van der Waals surface area contributed by atoms with Crippen LogP contribution in [0.1, 0.15) is 17.3 Å².